The minimum atomic E-state index is 0.0851. The number of ether oxygens (including phenoxy) is 1. The molecule has 18 heavy (non-hydrogen) atoms. The highest BCUT2D eigenvalue weighted by atomic mass is 16.5. The standard InChI is InChI=1S/C12H22N4O2/c1-5-13-8(2)11-14-15-12(18-11)16(4)10-6-7-17-9(10)3/h8-10,13H,5-7H2,1-4H3. The summed E-state index contributed by atoms with van der Waals surface area (Å²) >= 11 is 0. The van der Waals surface area contributed by atoms with Gasteiger partial charge in [0.15, 0.2) is 0 Å². The van der Waals surface area contributed by atoms with Gasteiger partial charge in [-0.1, -0.05) is 12.0 Å². The highest BCUT2D eigenvalue weighted by molar-refractivity contribution is 5.26. The molecule has 1 aliphatic heterocycles. The Bertz CT molecular complexity index is 382. The van der Waals surface area contributed by atoms with Gasteiger partial charge in [-0.2, -0.15) is 0 Å². The molecule has 1 saturated heterocycles. The number of hydrogen-bond acceptors (Lipinski definition) is 6. The fraction of sp³-hybridized carbons (Fsp3) is 0.833. The van der Waals surface area contributed by atoms with Crippen LogP contribution in [0.5, 0.6) is 0 Å². The first kappa shape index (κ1) is 13.3. The Balaban J connectivity index is 2.05. The molecule has 3 atom stereocenters. The van der Waals surface area contributed by atoms with E-state index in [1.807, 2.05) is 18.9 Å². The summed E-state index contributed by atoms with van der Waals surface area (Å²) in [5, 5.41) is 11.5. The first-order valence-corrected chi connectivity index (χ1v) is 6.54. The largest absolute Gasteiger partial charge is 0.406 e. The van der Waals surface area contributed by atoms with Gasteiger partial charge in [0.1, 0.15) is 0 Å². The molecular weight excluding hydrogens is 232 g/mol. The summed E-state index contributed by atoms with van der Waals surface area (Å²) in [6.45, 7) is 7.82. The van der Waals surface area contributed by atoms with E-state index in [9.17, 15) is 0 Å². The van der Waals surface area contributed by atoms with Crippen LogP contribution in [0.4, 0.5) is 6.01 Å². The summed E-state index contributed by atoms with van der Waals surface area (Å²) in [5.41, 5.74) is 0. The van der Waals surface area contributed by atoms with Crippen LogP contribution in [-0.2, 0) is 4.74 Å². The molecule has 3 unspecified atom stereocenters. The first-order valence-electron chi connectivity index (χ1n) is 6.54. The molecule has 1 N–H and O–H groups in total. The van der Waals surface area contributed by atoms with E-state index in [1.54, 1.807) is 0 Å². The third-order valence-electron chi connectivity index (χ3n) is 3.45. The Hall–Kier alpha value is -1.14. The van der Waals surface area contributed by atoms with Crippen molar-refractivity contribution in [3.63, 3.8) is 0 Å². The van der Waals surface area contributed by atoms with E-state index < -0.39 is 0 Å². The second-order valence-electron chi connectivity index (χ2n) is 4.75. The topological polar surface area (TPSA) is 63.4 Å². The van der Waals surface area contributed by atoms with Crippen molar-refractivity contribution in [2.75, 3.05) is 25.1 Å². The molecule has 2 heterocycles. The SMILES string of the molecule is CCNC(C)c1nnc(N(C)C2CCOC2C)o1. The summed E-state index contributed by atoms with van der Waals surface area (Å²) in [6, 6.07) is 0.965. The molecule has 1 fully saturated rings. The summed E-state index contributed by atoms with van der Waals surface area (Å²) in [4.78, 5) is 2.02. The third-order valence-corrected chi connectivity index (χ3v) is 3.45. The lowest BCUT2D eigenvalue weighted by atomic mass is 10.1. The summed E-state index contributed by atoms with van der Waals surface area (Å²) in [7, 11) is 1.98. The Labute approximate surface area is 108 Å². The van der Waals surface area contributed by atoms with Gasteiger partial charge in [-0.15, -0.1) is 5.10 Å². The van der Waals surface area contributed by atoms with Crippen molar-refractivity contribution in [3.05, 3.63) is 5.89 Å². The van der Waals surface area contributed by atoms with Crippen LogP contribution in [-0.4, -0.2) is 42.5 Å². The number of anilines is 1. The quantitative estimate of drug-likeness (QED) is 0.856. The van der Waals surface area contributed by atoms with Crippen LogP contribution in [0.15, 0.2) is 4.42 Å². The maximum Gasteiger partial charge on any atom is 0.318 e. The van der Waals surface area contributed by atoms with E-state index in [2.05, 4.69) is 29.4 Å². The smallest absolute Gasteiger partial charge is 0.318 e. The highest BCUT2D eigenvalue weighted by Crippen LogP contribution is 2.24. The van der Waals surface area contributed by atoms with Gasteiger partial charge in [0.25, 0.3) is 0 Å². The average Bonchev–Trinajstić information content (AvgIpc) is 2.97. The summed E-state index contributed by atoms with van der Waals surface area (Å²) in [5.74, 6) is 0.630. The van der Waals surface area contributed by atoms with Crippen molar-refractivity contribution in [2.45, 2.75) is 45.4 Å². The summed E-state index contributed by atoms with van der Waals surface area (Å²) in [6.07, 6.45) is 1.20. The van der Waals surface area contributed by atoms with Gasteiger partial charge < -0.3 is 19.4 Å². The van der Waals surface area contributed by atoms with Crippen molar-refractivity contribution < 1.29 is 9.15 Å². The molecule has 0 radical (unpaired) electrons. The Kier molecular flexibility index (Phi) is 4.19. The second-order valence-corrected chi connectivity index (χ2v) is 4.75. The molecule has 1 aromatic heterocycles. The molecule has 6 nitrogen and oxygen atoms in total. The van der Waals surface area contributed by atoms with E-state index in [0.717, 1.165) is 19.6 Å². The van der Waals surface area contributed by atoms with E-state index in [-0.39, 0.29) is 12.1 Å². The summed E-state index contributed by atoms with van der Waals surface area (Å²) < 4.78 is 11.3. The predicted molar refractivity (Wildman–Crippen MR) is 68.6 cm³/mol. The Morgan fingerprint density at radius 3 is 2.89 bits per heavy atom. The van der Waals surface area contributed by atoms with E-state index >= 15 is 0 Å². The number of likely N-dealkylation sites (N-methyl/N-ethyl adjacent to an activating group) is 1. The number of rotatable bonds is 5. The first-order chi connectivity index (χ1) is 8.63. The molecule has 0 aliphatic carbocycles. The molecular formula is C12H22N4O2. The minimum Gasteiger partial charge on any atom is -0.406 e. The zero-order chi connectivity index (χ0) is 13.1. The Morgan fingerprint density at radius 2 is 2.28 bits per heavy atom. The highest BCUT2D eigenvalue weighted by Gasteiger charge is 2.30. The zero-order valence-electron chi connectivity index (χ0n) is 11.5. The number of hydrogen-bond donors (Lipinski definition) is 1. The van der Waals surface area contributed by atoms with Gasteiger partial charge in [-0.05, 0) is 26.8 Å². The average molecular weight is 254 g/mol. The maximum atomic E-state index is 5.71. The molecule has 6 heteroatoms. The van der Waals surface area contributed by atoms with Crippen LogP contribution in [0.3, 0.4) is 0 Å². The minimum absolute atomic E-state index is 0.0851. The van der Waals surface area contributed by atoms with Crippen LogP contribution in [0.2, 0.25) is 0 Å². The molecule has 102 valence electrons. The molecule has 0 amide bonds. The third kappa shape index (κ3) is 2.64. The van der Waals surface area contributed by atoms with Gasteiger partial charge in [-0.3, -0.25) is 0 Å². The van der Waals surface area contributed by atoms with Crippen molar-refractivity contribution in [3.8, 4) is 0 Å². The van der Waals surface area contributed by atoms with E-state index in [4.69, 9.17) is 9.15 Å². The van der Waals surface area contributed by atoms with E-state index in [1.165, 1.54) is 0 Å². The van der Waals surface area contributed by atoms with Crippen molar-refractivity contribution in [1.29, 1.82) is 0 Å². The molecule has 0 saturated carbocycles. The molecule has 0 aromatic carbocycles. The Morgan fingerprint density at radius 1 is 1.50 bits per heavy atom. The molecule has 2 rings (SSSR count). The van der Waals surface area contributed by atoms with Gasteiger partial charge >= 0.3 is 6.01 Å². The molecule has 0 bridgehead atoms. The van der Waals surface area contributed by atoms with Crippen molar-refractivity contribution >= 4 is 6.01 Å². The van der Waals surface area contributed by atoms with Gasteiger partial charge in [0.2, 0.25) is 5.89 Å². The van der Waals surface area contributed by atoms with Crippen LogP contribution in [0.25, 0.3) is 0 Å². The lowest BCUT2D eigenvalue weighted by molar-refractivity contribution is 0.117. The maximum absolute atomic E-state index is 5.71. The van der Waals surface area contributed by atoms with Crippen molar-refractivity contribution in [1.82, 2.24) is 15.5 Å². The van der Waals surface area contributed by atoms with Crippen molar-refractivity contribution in [2.24, 2.45) is 0 Å². The fourth-order valence-electron chi connectivity index (χ4n) is 2.31. The normalized spacial score (nSPS) is 25.3. The number of nitrogens with one attached hydrogen (secondary N) is 1. The van der Waals surface area contributed by atoms with Gasteiger partial charge in [0.05, 0.1) is 18.2 Å². The molecule has 0 spiro atoms. The number of aromatic nitrogens is 2. The van der Waals surface area contributed by atoms with Gasteiger partial charge in [0, 0.05) is 13.7 Å². The van der Waals surface area contributed by atoms with Crippen LogP contribution in [0, 0.1) is 0 Å². The van der Waals surface area contributed by atoms with Crippen LogP contribution >= 0.6 is 0 Å². The van der Waals surface area contributed by atoms with Crippen LogP contribution in [0.1, 0.15) is 39.1 Å². The molecule has 1 aromatic rings. The number of nitrogens with zero attached hydrogens (tertiary/aromatic N) is 3. The second kappa shape index (κ2) is 5.67. The zero-order valence-corrected chi connectivity index (χ0v) is 11.5. The van der Waals surface area contributed by atoms with Crippen LogP contribution < -0.4 is 10.2 Å². The fourth-order valence-corrected chi connectivity index (χ4v) is 2.31. The van der Waals surface area contributed by atoms with Gasteiger partial charge in [-0.25, -0.2) is 0 Å². The van der Waals surface area contributed by atoms with E-state index in [0.29, 0.717) is 17.9 Å². The molecule has 1 aliphatic rings. The predicted octanol–water partition coefficient (Wildman–Crippen LogP) is 1.35. The monoisotopic (exact) mass is 254 g/mol. The lowest BCUT2D eigenvalue weighted by Crippen LogP contribution is -2.36. The lowest BCUT2D eigenvalue weighted by Gasteiger charge is -2.24.